The summed E-state index contributed by atoms with van der Waals surface area (Å²) in [7, 11) is 0. The lowest BCUT2D eigenvalue weighted by molar-refractivity contribution is 0.556. The SMILES string of the molecule is Fc1nc2c(I)cc(I)cc2[nH]1. The lowest BCUT2D eigenvalue weighted by atomic mass is 10.3. The van der Waals surface area contributed by atoms with Gasteiger partial charge in [-0.25, -0.2) is 4.98 Å². The standard InChI is InChI=1S/C7H3FI2N2/c8-7-11-5-2-3(9)1-4(10)6(5)12-7/h1-2H,(H,11,12). The number of benzene rings is 1. The highest BCUT2D eigenvalue weighted by molar-refractivity contribution is 14.1. The Bertz CT molecular complexity index is 438. The smallest absolute Gasteiger partial charge is 0.287 e. The third-order valence-corrected chi connectivity index (χ3v) is 2.92. The van der Waals surface area contributed by atoms with Gasteiger partial charge >= 0.3 is 0 Å². The lowest BCUT2D eigenvalue weighted by Crippen LogP contribution is -1.78. The van der Waals surface area contributed by atoms with Crippen molar-refractivity contribution in [3.8, 4) is 0 Å². The van der Waals surface area contributed by atoms with Gasteiger partial charge in [-0.2, -0.15) is 4.39 Å². The zero-order valence-electron chi connectivity index (χ0n) is 5.74. The van der Waals surface area contributed by atoms with Crippen molar-refractivity contribution in [2.75, 3.05) is 0 Å². The number of nitrogens with zero attached hydrogens (tertiary/aromatic N) is 1. The maximum absolute atomic E-state index is 12.7. The molecule has 0 unspecified atom stereocenters. The first-order valence-electron chi connectivity index (χ1n) is 3.17. The summed E-state index contributed by atoms with van der Waals surface area (Å²) in [5.41, 5.74) is 1.46. The van der Waals surface area contributed by atoms with Gasteiger partial charge in [-0.1, -0.05) is 0 Å². The van der Waals surface area contributed by atoms with Gasteiger partial charge in [0.2, 0.25) is 0 Å². The van der Waals surface area contributed by atoms with Crippen molar-refractivity contribution in [2.24, 2.45) is 0 Å². The Hall–Kier alpha value is 0.0800. The zero-order chi connectivity index (χ0) is 8.72. The molecule has 0 atom stereocenters. The van der Waals surface area contributed by atoms with Crippen LogP contribution in [-0.2, 0) is 0 Å². The van der Waals surface area contributed by atoms with E-state index in [2.05, 4.69) is 55.1 Å². The van der Waals surface area contributed by atoms with Crippen LogP contribution in [0.25, 0.3) is 11.0 Å². The first kappa shape index (κ1) is 8.67. The molecule has 1 heterocycles. The van der Waals surface area contributed by atoms with E-state index in [9.17, 15) is 4.39 Å². The van der Waals surface area contributed by atoms with Crippen molar-refractivity contribution in [1.82, 2.24) is 9.97 Å². The molecule has 1 N–H and O–H groups in total. The van der Waals surface area contributed by atoms with Gasteiger partial charge in [0, 0.05) is 7.14 Å². The first-order chi connectivity index (χ1) is 5.66. The Morgan fingerprint density at radius 2 is 2.08 bits per heavy atom. The Balaban J connectivity index is 2.88. The molecule has 5 heteroatoms. The Labute approximate surface area is 95.2 Å². The maximum atomic E-state index is 12.7. The second kappa shape index (κ2) is 3.09. The van der Waals surface area contributed by atoms with Crippen LogP contribution in [0.15, 0.2) is 12.1 Å². The summed E-state index contributed by atoms with van der Waals surface area (Å²) in [6.45, 7) is 0. The van der Waals surface area contributed by atoms with Gasteiger partial charge in [-0.05, 0) is 57.3 Å². The topological polar surface area (TPSA) is 28.7 Å². The fraction of sp³-hybridized carbons (Fsp3) is 0. The zero-order valence-corrected chi connectivity index (χ0v) is 10.1. The molecule has 1 aromatic heterocycles. The number of aromatic nitrogens is 2. The number of fused-ring (bicyclic) bond motifs is 1. The van der Waals surface area contributed by atoms with Crippen molar-refractivity contribution in [2.45, 2.75) is 0 Å². The molecule has 2 nitrogen and oxygen atoms in total. The maximum Gasteiger partial charge on any atom is 0.287 e. The molecule has 0 aliphatic rings. The van der Waals surface area contributed by atoms with Crippen molar-refractivity contribution in [1.29, 1.82) is 0 Å². The van der Waals surface area contributed by atoms with E-state index in [4.69, 9.17) is 0 Å². The Morgan fingerprint density at radius 3 is 2.83 bits per heavy atom. The van der Waals surface area contributed by atoms with Gasteiger partial charge in [0.25, 0.3) is 6.08 Å². The van der Waals surface area contributed by atoms with Gasteiger partial charge in [-0.15, -0.1) is 0 Å². The summed E-state index contributed by atoms with van der Waals surface area (Å²) in [5.74, 6) is 0. The van der Waals surface area contributed by atoms with E-state index in [1.54, 1.807) is 0 Å². The van der Waals surface area contributed by atoms with Crippen LogP contribution in [0.2, 0.25) is 0 Å². The molecule has 2 aromatic rings. The van der Waals surface area contributed by atoms with Crippen LogP contribution in [0.3, 0.4) is 0 Å². The van der Waals surface area contributed by atoms with E-state index in [0.29, 0.717) is 5.52 Å². The Morgan fingerprint density at radius 1 is 1.33 bits per heavy atom. The highest BCUT2D eigenvalue weighted by Gasteiger charge is 2.05. The number of aromatic amines is 1. The van der Waals surface area contributed by atoms with Crippen molar-refractivity contribution in [3.05, 3.63) is 25.4 Å². The molecule has 0 aliphatic carbocycles. The average molecular weight is 388 g/mol. The van der Waals surface area contributed by atoms with Gasteiger partial charge in [0.05, 0.1) is 5.52 Å². The minimum Gasteiger partial charge on any atom is -0.314 e. The average Bonchev–Trinajstić information content (AvgIpc) is 2.29. The molecule has 2 rings (SSSR count). The van der Waals surface area contributed by atoms with Crippen molar-refractivity contribution < 1.29 is 4.39 Å². The molecular formula is C7H3FI2N2. The van der Waals surface area contributed by atoms with Gasteiger partial charge < -0.3 is 4.98 Å². The van der Waals surface area contributed by atoms with Crippen LogP contribution in [-0.4, -0.2) is 9.97 Å². The highest BCUT2D eigenvalue weighted by atomic mass is 127. The lowest BCUT2D eigenvalue weighted by Gasteiger charge is -1.93. The normalized spacial score (nSPS) is 10.9. The van der Waals surface area contributed by atoms with E-state index in [0.717, 1.165) is 12.7 Å². The molecule has 1 aromatic carbocycles. The van der Waals surface area contributed by atoms with E-state index in [-0.39, 0.29) is 0 Å². The van der Waals surface area contributed by atoms with E-state index >= 15 is 0 Å². The van der Waals surface area contributed by atoms with Crippen molar-refractivity contribution in [3.63, 3.8) is 0 Å². The summed E-state index contributed by atoms with van der Waals surface area (Å²) >= 11 is 4.33. The summed E-state index contributed by atoms with van der Waals surface area (Å²) in [6, 6.07) is 3.83. The number of halogens is 3. The largest absolute Gasteiger partial charge is 0.314 e. The molecule has 0 bridgehead atoms. The van der Waals surface area contributed by atoms with Gasteiger partial charge in [-0.3, -0.25) is 0 Å². The molecule has 0 saturated carbocycles. The first-order valence-corrected chi connectivity index (χ1v) is 5.33. The molecular weight excluding hydrogens is 385 g/mol. The number of hydrogen-bond acceptors (Lipinski definition) is 1. The quantitative estimate of drug-likeness (QED) is 0.692. The third-order valence-electron chi connectivity index (χ3n) is 1.48. The van der Waals surface area contributed by atoms with Gasteiger partial charge in [0.1, 0.15) is 5.52 Å². The van der Waals surface area contributed by atoms with Crippen LogP contribution in [0, 0.1) is 13.2 Å². The van der Waals surface area contributed by atoms with Crippen LogP contribution in [0.1, 0.15) is 0 Å². The summed E-state index contributed by atoms with van der Waals surface area (Å²) in [4.78, 5) is 6.27. The molecule has 0 radical (unpaired) electrons. The second-order valence-electron chi connectivity index (χ2n) is 2.31. The fourth-order valence-corrected chi connectivity index (χ4v) is 2.98. The molecule has 12 heavy (non-hydrogen) atoms. The predicted molar refractivity (Wildman–Crippen MR) is 61.5 cm³/mol. The molecule has 0 spiro atoms. The number of nitrogens with one attached hydrogen (secondary N) is 1. The van der Waals surface area contributed by atoms with Crippen molar-refractivity contribution >= 4 is 56.2 Å². The summed E-state index contributed by atoms with van der Waals surface area (Å²) < 4.78 is 14.7. The summed E-state index contributed by atoms with van der Waals surface area (Å²) in [6.07, 6.45) is -0.523. The van der Waals surface area contributed by atoms with E-state index in [1.165, 1.54) is 0 Å². The Kier molecular flexibility index (Phi) is 2.23. The summed E-state index contributed by atoms with van der Waals surface area (Å²) in [5, 5.41) is 0. The molecule has 0 aliphatic heterocycles. The van der Waals surface area contributed by atoms with Gasteiger partial charge in [0.15, 0.2) is 0 Å². The highest BCUT2D eigenvalue weighted by Crippen LogP contribution is 2.21. The number of rotatable bonds is 0. The third kappa shape index (κ3) is 1.43. The van der Waals surface area contributed by atoms with Crippen LogP contribution in [0.5, 0.6) is 0 Å². The fourth-order valence-electron chi connectivity index (χ4n) is 1.01. The molecule has 0 saturated heterocycles. The molecule has 62 valence electrons. The number of imidazole rings is 1. The minimum atomic E-state index is -0.523. The minimum absolute atomic E-state index is 0.523. The predicted octanol–water partition coefficient (Wildman–Crippen LogP) is 2.91. The van der Waals surface area contributed by atoms with Crippen LogP contribution in [0.4, 0.5) is 4.39 Å². The van der Waals surface area contributed by atoms with Crippen LogP contribution < -0.4 is 0 Å². The van der Waals surface area contributed by atoms with E-state index < -0.39 is 6.08 Å². The number of H-pyrrole nitrogens is 1. The second-order valence-corrected chi connectivity index (χ2v) is 4.72. The molecule has 0 amide bonds. The van der Waals surface area contributed by atoms with E-state index in [1.807, 2.05) is 12.1 Å². The molecule has 0 fully saturated rings. The number of hydrogen-bond donors (Lipinski definition) is 1. The monoisotopic (exact) mass is 388 g/mol. The van der Waals surface area contributed by atoms with Crippen LogP contribution >= 0.6 is 45.2 Å².